The van der Waals surface area contributed by atoms with Gasteiger partial charge < -0.3 is 10.4 Å². The van der Waals surface area contributed by atoms with Gasteiger partial charge in [-0.05, 0) is 31.4 Å². The third-order valence-corrected chi connectivity index (χ3v) is 3.06. The van der Waals surface area contributed by atoms with Crippen molar-refractivity contribution in [2.45, 2.75) is 31.4 Å². The van der Waals surface area contributed by atoms with E-state index >= 15 is 0 Å². The first-order valence-electron chi connectivity index (χ1n) is 5.07. The zero-order chi connectivity index (χ0) is 10.8. The summed E-state index contributed by atoms with van der Waals surface area (Å²) in [5.41, 5.74) is 0.369. The summed E-state index contributed by atoms with van der Waals surface area (Å²) >= 11 is 5.66. The fourth-order valence-corrected chi connectivity index (χ4v) is 2.10. The van der Waals surface area contributed by atoms with Crippen LogP contribution < -0.4 is 5.32 Å². The van der Waals surface area contributed by atoms with Gasteiger partial charge in [0.25, 0.3) is 0 Å². The maximum absolute atomic E-state index is 13.5. The van der Waals surface area contributed by atoms with E-state index < -0.39 is 5.82 Å². The highest BCUT2D eigenvalue weighted by molar-refractivity contribution is 6.31. The molecule has 0 unspecified atom stereocenters. The van der Waals surface area contributed by atoms with E-state index in [1.54, 1.807) is 12.1 Å². The molecule has 0 aromatic heterocycles. The van der Waals surface area contributed by atoms with E-state index in [-0.39, 0.29) is 17.2 Å². The molecule has 1 saturated carbocycles. The van der Waals surface area contributed by atoms with Gasteiger partial charge in [-0.1, -0.05) is 17.7 Å². The molecule has 1 aromatic rings. The third-order valence-electron chi connectivity index (χ3n) is 2.77. The van der Waals surface area contributed by atoms with Crippen molar-refractivity contribution < 1.29 is 9.50 Å². The number of benzene rings is 1. The lowest BCUT2D eigenvalue weighted by Gasteiger charge is -2.18. The Balaban J connectivity index is 2.13. The van der Waals surface area contributed by atoms with Crippen LogP contribution in [0.3, 0.4) is 0 Å². The molecule has 2 atom stereocenters. The van der Waals surface area contributed by atoms with Gasteiger partial charge in [-0.3, -0.25) is 0 Å². The fourth-order valence-electron chi connectivity index (χ4n) is 1.92. The Bertz CT molecular complexity index is 358. The van der Waals surface area contributed by atoms with E-state index in [1.807, 2.05) is 0 Å². The lowest BCUT2D eigenvalue weighted by atomic mass is 10.2. The summed E-state index contributed by atoms with van der Waals surface area (Å²) in [7, 11) is 0. The van der Waals surface area contributed by atoms with Gasteiger partial charge in [0.2, 0.25) is 0 Å². The number of rotatable bonds is 2. The standard InChI is InChI=1S/C11H13ClFNO/c12-7-3-1-5-9(11(7)13)14-8-4-2-6-10(8)15/h1,3,5,8,10,14-15H,2,4,6H2/t8-,10-/m1/s1. The van der Waals surface area contributed by atoms with Crippen molar-refractivity contribution in [1.29, 1.82) is 0 Å². The molecule has 0 heterocycles. The first-order chi connectivity index (χ1) is 7.18. The number of aliphatic hydroxyl groups excluding tert-OH is 1. The molecule has 0 bridgehead atoms. The second kappa shape index (κ2) is 4.37. The molecule has 0 saturated heterocycles. The van der Waals surface area contributed by atoms with Crippen molar-refractivity contribution in [2.24, 2.45) is 0 Å². The van der Waals surface area contributed by atoms with Crippen molar-refractivity contribution in [2.75, 3.05) is 5.32 Å². The zero-order valence-electron chi connectivity index (χ0n) is 8.21. The number of nitrogens with one attached hydrogen (secondary N) is 1. The van der Waals surface area contributed by atoms with Gasteiger partial charge in [0.05, 0.1) is 22.9 Å². The summed E-state index contributed by atoms with van der Waals surface area (Å²) in [4.78, 5) is 0. The molecule has 15 heavy (non-hydrogen) atoms. The number of anilines is 1. The third kappa shape index (κ3) is 2.24. The van der Waals surface area contributed by atoms with E-state index in [0.717, 1.165) is 19.3 Å². The number of hydrogen-bond donors (Lipinski definition) is 2. The highest BCUT2D eigenvalue weighted by atomic mass is 35.5. The Morgan fingerprint density at radius 2 is 2.20 bits per heavy atom. The molecule has 0 amide bonds. The monoisotopic (exact) mass is 229 g/mol. The van der Waals surface area contributed by atoms with Crippen molar-refractivity contribution in [3.63, 3.8) is 0 Å². The van der Waals surface area contributed by atoms with Gasteiger partial charge in [0.1, 0.15) is 0 Å². The van der Waals surface area contributed by atoms with Crippen LogP contribution in [0.2, 0.25) is 5.02 Å². The first kappa shape index (κ1) is 10.7. The molecule has 0 radical (unpaired) electrons. The van der Waals surface area contributed by atoms with E-state index in [0.29, 0.717) is 5.69 Å². The van der Waals surface area contributed by atoms with E-state index in [1.165, 1.54) is 6.07 Å². The highest BCUT2D eigenvalue weighted by Crippen LogP contribution is 2.27. The molecule has 1 aliphatic rings. The van der Waals surface area contributed by atoms with Crippen LogP contribution in [0, 0.1) is 5.82 Å². The Labute approximate surface area is 93.1 Å². The highest BCUT2D eigenvalue weighted by Gasteiger charge is 2.25. The average Bonchev–Trinajstić information content (AvgIpc) is 2.60. The summed E-state index contributed by atoms with van der Waals surface area (Å²) < 4.78 is 13.5. The zero-order valence-corrected chi connectivity index (χ0v) is 8.97. The van der Waals surface area contributed by atoms with Crippen LogP contribution in [0.4, 0.5) is 10.1 Å². The summed E-state index contributed by atoms with van der Waals surface area (Å²) in [6, 6.07) is 4.77. The van der Waals surface area contributed by atoms with Crippen LogP contribution in [0.15, 0.2) is 18.2 Å². The first-order valence-corrected chi connectivity index (χ1v) is 5.45. The lowest BCUT2D eigenvalue weighted by Crippen LogP contribution is -2.28. The Morgan fingerprint density at radius 3 is 2.87 bits per heavy atom. The average molecular weight is 230 g/mol. The van der Waals surface area contributed by atoms with E-state index in [2.05, 4.69) is 5.32 Å². The number of halogens is 2. The molecular formula is C11H13ClFNO. The normalized spacial score (nSPS) is 25.5. The molecule has 1 aliphatic carbocycles. The lowest BCUT2D eigenvalue weighted by molar-refractivity contribution is 0.171. The van der Waals surface area contributed by atoms with Gasteiger partial charge in [-0.15, -0.1) is 0 Å². The van der Waals surface area contributed by atoms with Crippen LogP contribution in [0.5, 0.6) is 0 Å². The fraction of sp³-hybridized carbons (Fsp3) is 0.455. The summed E-state index contributed by atoms with van der Waals surface area (Å²) in [5, 5.41) is 12.7. The van der Waals surface area contributed by atoms with Gasteiger partial charge in [0.15, 0.2) is 5.82 Å². The second-order valence-electron chi connectivity index (χ2n) is 3.85. The van der Waals surface area contributed by atoms with E-state index in [9.17, 15) is 9.50 Å². The van der Waals surface area contributed by atoms with Crippen LogP contribution in [-0.4, -0.2) is 17.3 Å². The topological polar surface area (TPSA) is 32.3 Å². The molecule has 0 spiro atoms. The van der Waals surface area contributed by atoms with Crippen molar-refractivity contribution in [3.8, 4) is 0 Å². The molecule has 2 N–H and O–H groups in total. The second-order valence-corrected chi connectivity index (χ2v) is 4.26. The number of hydrogen-bond acceptors (Lipinski definition) is 2. The molecule has 4 heteroatoms. The summed E-state index contributed by atoms with van der Waals surface area (Å²) in [5.74, 6) is -0.446. The van der Waals surface area contributed by atoms with Gasteiger partial charge >= 0.3 is 0 Å². The van der Waals surface area contributed by atoms with E-state index in [4.69, 9.17) is 11.6 Å². The van der Waals surface area contributed by atoms with Crippen LogP contribution in [0.25, 0.3) is 0 Å². The Hall–Kier alpha value is -0.800. The van der Waals surface area contributed by atoms with Gasteiger partial charge in [0, 0.05) is 0 Å². The molecule has 1 fully saturated rings. The van der Waals surface area contributed by atoms with Crippen LogP contribution >= 0.6 is 11.6 Å². The molecule has 1 aromatic carbocycles. The Morgan fingerprint density at radius 1 is 1.40 bits per heavy atom. The minimum Gasteiger partial charge on any atom is -0.391 e. The number of aliphatic hydroxyl groups is 1. The molecule has 2 nitrogen and oxygen atoms in total. The molecule has 2 rings (SSSR count). The van der Waals surface area contributed by atoms with Crippen LogP contribution in [0.1, 0.15) is 19.3 Å². The summed E-state index contributed by atoms with van der Waals surface area (Å²) in [6.45, 7) is 0. The summed E-state index contributed by atoms with van der Waals surface area (Å²) in [6.07, 6.45) is 2.23. The quantitative estimate of drug-likeness (QED) is 0.818. The van der Waals surface area contributed by atoms with Crippen molar-refractivity contribution in [3.05, 3.63) is 29.0 Å². The maximum atomic E-state index is 13.5. The minimum atomic E-state index is -0.446. The largest absolute Gasteiger partial charge is 0.391 e. The van der Waals surface area contributed by atoms with Gasteiger partial charge in [-0.2, -0.15) is 0 Å². The molecule has 82 valence electrons. The van der Waals surface area contributed by atoms with Crippen LogP contribution in [-0.2, 0) is 0 Å². The molecular weight excluding hydrogens is 217 g/mol. The SMILES string of the molecule is O[C@@H]1CCC[C@H]1Nc1cccc(Cl)c1F. The van der Waals surface area contributed by atoms with Crippen molar-refractivity contribution >= 4 is 17.3 Å². The maximum Gasteiger partial charge on any atom is 0.164 e. The van der Waals surface area contributed by atoms with Crippen molar-refractivity contribution in [1.82, 2.24) is 0 Å². The molecule has 0 aliphatic heterocycles. The van der Waals surface area contributed by atoms with Gasteiger partial charge in [-0.25, -0.2) is 4.39 Å². The predicted molar refractivity (Wildman–Crippen MR) is 58.7 cm³/mol. The smallest absolute Gasteiger partial charge is 0.164 e. The minimum absolute atomic E-state index is 0.0574. The predicted octanol–water partition coefficient (Wildman–Crippen LogP) is 2.80. The Kier molecular flexibility index (Phi) is 3.12.